The fourth-order valence-corrected chi connectivity index (χ4v) is 3.54. The minimum absolute atomic E-state index is 0.140. The van der Waals surface area contributed by atoms with Crippen molar-refractivity contribution in [3.05, 3.63) is 69.3 Å². The Kier molecular flexibility index (Phi) is 4.90. The summed E-state index contributed by atoms with van der Waals surface area (Å²) < 4.78 is 0.901. The van der Waals surface area contributed by atoms with Crippen LogP contribution in [-0.2, 0) is 15.2 Å². The van der Waals surface area contributed by atoms with Crippen LogP contribution >= 0.6 is 22.6 Å². The molecule has 1 aliphatic heterocycles. The molecule has 1 heterocycles. The summed E-state index contributed by atoms with van der Waals surface area (Å²) in [6.45, 7) is 5.75. The minimum Gasteiger partial charge on any atom is -0.375 e. The number of likely N-dealkylation sites (N-methyl/N-ethyl adjacent to an activating group) is 1. The molecule has 2 amide bonds. The summed E-state index contributed by atoms with van der Waals surface area (Å²) in [5.41, 5.74) is 1.22. The molecule has 3 rings (SSSR count). The van der Waals surface area contributed by atoms with Crippen molar-refractivity contribution in [2.24, 2.45) is 0 Å². The number of halogens is 1. The smallest absolute Gasteiger partial charge is 0.263 e. The van der Waals surface area contributed by atoms with E-state index in [2.05, 4.69) is 34.5 Å². The van der Waals surface area contributed by atoms with Gasteiger partial charge in [0.2, 0.25) is 0 Å². The minimum atomic E-state index is -1.78. The van der Waals surface area contributed by atoms with E-state index >= 15 is 0 Å². The summed E-state index contributed by atoms with van der Waals surface area (Å²) in [7, 11) is 1.61. The van der Waals surface area contributed by atoms with Crippen molar-refractivity contribution in [3.63, 3.8) is 0 Å². The van der Waals surface area contributed by atoms with Gasteiger partial charge in [0.25, 0.3) is 11.8 Å². The van der Waals surface area contributed by atoms with E-state index in [0.717, 1.165) is 9.13 Å². The Morgan fingerprint density at radius 2 is 1.92 bits per heavy atom. The predicted molar refractivity (Wildman–Crippen MR) is 110 cm³/mol. The van der Waals surface area contributed by atoms with Gasteiger partial charge in [0.05, 0.1) is 5.69 Å². The van der Waals surface area contributed by atoms with Gasteiger partial charge in [-0.1, -0.05) is 24.3 Å². The van der Waals surface area contributed by atoms with Crippen molar-refractivity contribution in [1.29, 1.82) is 0 Å². The zero-order valence-corrected chi connectivity index (χ0v) is 16.7. The number of anilines is 2. The number of hydrogen-bond acceptors (Lipinski definition) is 3. The number of carbonyl (C=O) groups is 2. The molecule has 0 spiro atoms. The summed E-state index contributed by atoms with van der Waals surface area (Å²) in [4.78, 5) is 26.5. The van der Waals surface area contributed by atoms with E-state index in [4.69, 9.17) is 0 Å². The van der Waals surface area contributed by atoms with Crippen LogP contribution in [0.3, 0.4) is 0 Å². The Hall–Kier alpha value is -2.19. The molecule has 26 heavy (non-hydrogen) atoms. The molecule has 0 radical (unpaired) electrons. The van der Waals surface area contributed by atoms with Crippen molar-refractivity contribution in [2.75, 3.05) is 17.3 Å². The van der Waals surface area contributed by atoms with E-state index in [1.807, 2.05) is 25.1 Å². The summed E-state index contributed by atoms with van der Waals surface area (Å²) in [5, 5.41) is 13.8. The summed E-state index contributed by atoms with van der Waals surface area (Å²) in [6, 6.07) is 12.8. The van der Waals surface area contributed by atoms with Crippen molar-refractivity contribution in [3.8, 4) is 0 Å². The Balaban J connectivity index is 1.82. The maximum atomic E-state index is 12.6. The summed E-state index contributed by atoms with van der Waals surface area (Å²) in [6.07, 6.45) is -0.166. The molecule has 1 aliphatic rings. The third-order valence-corrected chi connectivity index (χ3v) is 5.19. The third-order valence-electron chi connectivity index (χ3n) is 4.52. The van der Waals surface area contributed by atoms with E-state index in [1.54, 1.807) is 31.3 Å². The molecule has 1 atom stereocenters. The SMILES string of the molecule is C=C(C[C@@]1(O)C(=O)N(C)c2ccc(I)cc21)C(=O)Nc1ccc(C)cc1. The number of fused-ring (bicyclic) bond motifs is 1. The number of carbonyl (C=O) groups excluding carboxylic acids is 2. The van der Waals surface area contributed by atoms with E-state index in [1.165, 1.54) is 4.90 Å². The van der Waals surface area contributed by atoms with Gasteiger partial charge in [-0.3, -0.25) is 9.59 Å². The molecule has 0 bridgehead atoms. The van der Waals surface area contributed by atoms with Crippen LogP contribution in [0, 0.1) is 10.5 Å². The van der Waals surface area contributed by atoms with Crippen LogP contribution in [0.5, 0.6) is 0 Å². The molecule has 134 valence electrons. The summed E-state index contributed by atoms with van der Waals surface area (Å²) in [5.74, 6) is -0.879. The molecule has 0 saturated carbocycles. The van der Waals surface area contributed by atoms with Gasteiger partial charge in [0, 0.05) is 33.9 Å². The maximum Gasteiger partial charge on any atom is 0.263 e. The number of nitrogens with zero attached hydrogens (tertiary/aromatic N) is 1. The van der Waals surface area contributed by atoms with Gasteiger partial charge >= 0.3 is 0 Å². The number of amides is 2. The summed E-state index contributed by atoms with van der Waals surface area (Å²) >= 11 is 2.13. The van der Waals surface area contributed by atoms with Crippen molar-refractivity contribution in [2.45, 2.75) is 18.9 Å². The van der Waals surface area contributed by atoms with Gasteiger partial charge in [-0.25, -0.2) is 0 Å². The number of aryl methyl sites for hydroxylation is 1. The Morgan fingerprint density at radius 1 is 1.27 bits per heavy atom. The average Bonchev–Trinajstić information content (AvgIpc) is 2.78. The van der Waals surface area contributed by atoms with Gasteiger partial charge in [-0.2, -0.15) is 0 Å². The highest BCUT2D eigenvalue weighted by molar-refractivity contribution is 14.1. The first-order valence-corrected chi connectivity index (χ1v) is 9.16. The molecule has 0 unspecified atom stereocenters. The van der Waals surface area contributed by atoms with Gasteiger partial charge in [-0.05, 0) is 59.8 Å². The maximum absolute atomic E-state index is 12.6. The normalized spacial score (nSPS) is 18.6. The molecule has 0 aromatic heterocycles. The van der Waals surface area contributed by atoms with Crippen molar-refractivity contribution >= 4 is 45.8 Å². The molecule has 5 nitrogen and oxygen atoms in total. The molecule has 2 N–H and O–H groups in total. The quantitative estimate of drug-likeness (QED) is 0.541. The molecular weight excluding hydrogens is 443 g/mol. The molecule has 2 aromatic carbocycles. The van der Waals surface area contributed by atoms with E-state index in [-0.39, 0.29) is 12.0 Å². The van der Waals surface area contributed by atoms with E-state index in [9.17, 15) is 14.7 Å². The fraction of sp³-hybridized carbons (Fsp3) is 0.200. The Morgan fingerprint density at radius 3 is 2.58 bits per heavy atom. The van der Waals surface area contributed by atoms with E-state index in [0.29, 0.717) is 16.9 Å². The number of rotatable bonds is 4. The molecule has 2 aromatic rings. The highest BCUT2D eigenvalue weighted by atomic mass is 127. The molecule has 6 heteroatoms. The van der Waals surface area contributed by atoms with Gasteiger partial charge in [0.1, 0.15) is 0 Å². The lowest BCUT2D eigenvalue weighted by Gasteiger charge is -2.23. The van der Waals surface area contributed by atoms with Crippen LogP contribution in [-0.4, -0.2) is 24.0 Å². The van der Waals surface area contributed by atoms with Gasteiger partial charge in [-0.15, -0.1) is 0 Å². The van der Waals surface area contributed by atoms with Crippen LogP contribution in [0.4, 0.5) is 11.4 Å². The highest BCUT2D eigenvalue weighted by Gasteiger charge is 2.49. The Bertz CT molecular complexity index is 908. The number of nitrogens with one attached hydrogen (secondary N) is 1. The lowest BCUT2D eigenvalue weighted by Crippen LogP contribution is -2.39. The third kappa shape index (κ3) is 3.26. The number of aliphatic hydroxyl groups is 1. The first-order chi connectivity index (χ1) is 12.2. The zero-order chi connectivity index (χ0) is 19.1. The first-order valence-electron chi connectivity index (χ1n) is 8.09. The second kappa shape index (κ2) is 6.85. The fourth-order valence-electron chi connectivity index (χ4n) is 3.05. The van der Waals surface area contributed by atoms with Crippen LogP contribution in [0.1, 0.15) is 17.5 Å². The molecular formula is C20H19IN2O3. The second-order valence-electron chi connectivity index (χ2n) is 6.49. The molecule has 0 aliphatic carbocycles. The average molecular weight is 462 g/mol. The van der Waals surface area contributed by atoms with Crippen LogP contribution in [0.25, 0.3) is 0 Å². The highest BCUT2D eigenvalue weighted by Crippen LogP contribution is 2.43. The number of benzene rings is 2. The lowest BCUT2D eigenvalue weighted by atomic mass is 9.88. The van der Waals surface area contributed by atoms with E-state index < -0.39 is 17.4 Å². The van der Waals surface area contributed by atoms with Gasteiger partial charge < -0.3 is 15.3 Å². The molecule has 0 fully saturated rings. The lowest BCUT2D eigenvalue weighted by molar-refractivity contribution is -0.135. The zero-order valence-electron chi connectivity index (χ0n) is 14.5. The Labute approximate surface area is 165 Å². The van der Waals surface area contributed by atoms with Crippen molar-refractivity contribution in [1.82, 2.24) is 0 Å². The van der Waals surface area contributed by atoms with Crippen LogP contribution in [0.15, 0.2) is 54.6 Å². The van der Waals surface area contributed by atoms with Gasteiger partial charge in [0.15, 0.2) is 5.60 Å². The monoisotopic (exact) mass is 462 g/mol. The molecule has 0 saturated heterocycles. The topological polar surface area (TPSA) is 69.6 Å². The van der Waals surface area contributed by atoms with Crippen LogP contribution < -0.4 is 10.2 Å². The predicted octanol–water partition coefficient (Wildman–Crippen LogP) is 3.35. The standard InChI is InChI=1S/C20H19IN2O3/c1-12-4-7-15(8-5-12)22-18(24)13(2)11-20(26)16-10-14(21)6-9-17(16)23(3)19(20)25/h4-10,26H,2,11H2,1,3H3,(H,22,24)/t20-/m0/s1. The first kappa shape index (κ1) is 18.6. The van der Waals surface area contributed by atoms with Crippen LogP contribution in [0.2, 0.25) is 0 Å². The second-order valence-corrected chi connectivity index (χ2v) is 7.73. The number of hydrogen-bond donors (Lipinski definition) is 2. The largest absolute Gasteiger partial charge is 0.375 e. The van der Waals surface area contributed by atoms with Crippen molar-refractivity contribution < 1.29 is 14.7 Å².